The van der Waals surface area contributed by atoms with Gasteiger partial charge in [-0.15, -0.1) is 0 Å². The van der Waals surface area contributed by atoms with Gasteiger partial charge in [0.1, 0.15) is 6.29 Å². The molecule has 0 atom stereocenters. The van der Waals surface area contributed by atoms with Crippen molar-refractivity contribution in [3.8, 4) is 0 Å². The molecule has 0 radical (unpaired) electrons. The third-order valence-corrected chi connectivity index (χ3v) is 2.16. The highest BCUT2D eigenvalue weighted by Gasteiger charge is 2.10. The summed E-state index contributed by atoms with van der Waals surface area (Å²) in [6.07, 6.45) is 2.73. The fraction of sp³-hybridized carbons (Fsp3) is 0.182. The molecule has 1 N–H and O–H groups in total. The summed E-state index contributed by atoms with van der Waals surface area (Å²) in [7, 11) is 0. The maximum atomic E-state index is 10.5. The lowest BCUT2D eigenvalue weighted by Crippen LogP contribution is -2.28. The second-order valence-corrected chi connectivity index (χ2v) is 3.27. The zero-order chi connectivity index (χ0) is 9.80. The molecule has 0 aliphatic carbocycles. The number of rotatable bonds is 3. The van der Waals surface area contributed by atoms with Crippen LogP contribution in [0.1, 0.15) is 5.56 Å². The number of hydrogen-bond donors (Lipinski definition) is 1. The molecule has 0 spiro atoms. The smallest absolute Gasteiger partial charge is 0.148 e. The van der Waals surface area contributed by atoms with Crippen LogP contribution in [-0.4, -0.2) is 17.8 Å². The summed E-state index contributed by atoms with van der Waals surface area (Å²) < 4.78 is 0. The number of carbonyl (C=O) groups excluding carboxylic acids is 1. The first-order valence-corrected chi connectivity index (χ1v) is 4.58. The van der Waals surface area contributed by atoms with E-state index < -0.39 is 0 Å². The fourth-order valence-electron chi connectivity index (χ4n) is 1.44. The molecular weight excluding hydrogens is 176 g/mol. The lowest BCUT2D eigenvalue weighted by molar-refractivity contribution is -0.104. The van der Waals surface area contributed by atoms with Gasteiger partial charge in [0.2, 0.25) is 0 Å². The number of nitrogens with one attached hydrogen (secondary N) is 1. The van der Waals surface area contributed by atoms with Crippen molar-refractivity contribution in [3.05, 3.63) is 47.7 Å². The van der Waals surface area contributed by atoms with E-state index in [1.807, 2.05) is 29.4 Å². The van der Waals surface area contributed by atoms with E-state index in [2.05, 4.69) is 17.6 Å². The van der Waals surface area contributed by atoms with Crippen molar-refractivity contribution in [3.63, 3.8) is 0 Å². The van der Waals surface area contributed by atoms with E-state index in [-0.39, 0.29) is 0 Å². The zero-order valence-corrected chi connectivity index (χ0v) is 7.81. The molecule has 72 valence electrons. The maximum absolute atomic E-state index is 10.5. The molecule has 0 saturated carbocycles. The van der Waals surface area contributed by atoms with Gasteiger partial charge in [0.25, 0.3) is 0 Å². The van der Waals surface area contributed by atoms with Gasteiger partial charge in [-0.3, -0.25) is 4.79 Å². The molecule has 1 aromatic rings. The predicted molar refractivity (Wildman–Crippen MR) is 54.1 cm³/mol. The molecule has 1 aromatic carbocycles. The summed E-state index contributed by atoms with van der Waals surface area (Å²) >= 11 is 0. The standard InChI is InChI=1S/C11H12N2O/c14-9-11-6-12-13(8-11)7-10-4-2-1-3-5-10/h1-5,8-9,12H,6-7H2. The molecule has 0 bridgehead atoms. The van der Waals surface area contributed by atoms with Crippen molar-refractivity contribution in [2.75, 3.05) is 6.54 Å². The Morgan fingerprint density at radius 2 is 2.14 bits per heavy atom. The van der Waals surface area contributed by atoms with Gasteiger partial charge in [0.05, 0.1) is 6.54 Å². The van der Waals surface area contributed by atoms with Crippen molar-refractivity contribution in [2.45, 2.75) is 6.54 Å². The van der Waals surface area contributed by atoms with Gasteiger partial charge in [-0.2, -0.15) is 0 Å². The van der Waals surface area contributed by atoms with Crippen molar-refractivity contribution in [2.24, 2.45) is 0 Å². The minimum absolute atomic E-state index is 0.635. The second kappa shape index (κ2) is 4.07. The van der Waals surface area contributed by atoms with E-state index in [0.717, 1.165) is 18.4 Å². The molecule has 0 unspecified atom stereocenters. The van der Waals surface area contributed by atoms with Crippen LogP contribution in [0.5, 0.6) is 0 Å². The summed E-state index contributed by atoms with van der Waals surface area (Å²) in [6.45, 7) is 1.43. The first-order valence-electron chi connectivity index (χ1n) is 4.58. The van der Waals surface area contributed by atoms with E-state index in [9.17, 15) is 4.79 Å². The van der Waals surface area contributed by atoms with Crippen LogP contribution in [0.15, 0.2) is 42.1 Å². The van der Waals surface area contributed by atoms with Crippen molar-refractivity contribution in [1.29, 1.82) is 0 Å². The first kappa shape index (κ1) is 8.97. The average Bonchev–Trinajstić information content (AvgIpc) is 2.67. The molecule has 1 heterocycles. The molecule has 2 rings (SSSR count). The Kier molecular flexibility index (Phi) is 2.60. The van der Waals surface area contributed by atoms with Gasteiger partial charge >= 0.3 is 0 Å². The van der Waals surface area contributed by atoms with Crippen molar-refractivity contribution < 1.29 is 4.79 Å². The van der Waals surface area contributed by atoms with Crippen LogP contribution >= 0.6 is 0 Å². The molecule has 3 heteroatoms. The van der Waals surface area contributed by atoms with Crippen LogP contribution in [0.4, 0.5) is 0 Å². The summed E-state index contributed by atoms with van der Waals surface area (Å²) in [5.74, 6) is 0. The molecule has 3 nitrogen and oxygen atoms in total. The minimum atomic E-state index is 0.635. The Labute approximate surface area is 83.0 Å². The van der Waals surface area contributed by atoms with Gasteiger partial charge in [-0.05, 0) is 5.56 Å². The topological polar surface area (TPSA) is 32.3 Å². The normalized spacial score (nSPS) is 15.4. The van der Waals surface area contributed by atoms with Crippen molar-refractivity contribution >= 4 is 6.29 Å². The molecule has 14 heavy (non-hydrogen) atoms. The van der Waals surface area contributed by atoms with E-state index in [1.54, 1.807) is 0 Å². The van der Waals surface area contributed by atoms with Gasteiger partial charge in [-0.1, -0.05) is 30.3 Å². The summed E-state index contributed by atoms with van der Waals surface area (Å²) in [5, 5.41) is 1.93. The molecule has 1 aliphatic heterocycles. The predicted octanol–water partition coefficient (Wildman–Crippen LogP) is 1.09. The zero-order valence-electron chi connectivity index (χ0n) is 7.81. The lowest BCUT2D eigenvalue weighted by Gasteiger charge is -2.15. The second-order valence-electron chi connectivity index (χ2n) is 3.27. The maximum Gasteiger partial charge on any atom is 0.148 e. The highest BCUT2D eigenvalue weighted by atomic mass is 16.1. The Bertz CT molecular complexity index is 346. The summed E-state index contributed by atoms with van der Waals surface area (Å²) in [5.41, 5.74) is 5.13. The van der Waals surface area contributed by atoms with Crippen LogP contribution in [0.2, 0.25) is 0 Å². The third-order valence-electron chi connectivity index (χ3n) is 2.16. The highest BCUT2D eigenvalue weighted by molar-refractivity contribution is 5.74. The van der Waals surface area contributed by atoms with E-state index >= 15 is 0 Å². The lowest BCUT2D eigenvalue weighted by atomic mass is 10.2. The van der Waals surface area contributed by atoms with Crippen LogP contribution in [-0.2, 0) is 11.3 Å². The first-order chi connectivity index (χ1) is 6.88. The van der Waals surface area contributed by atoms with Crippen LogP contribution in [0, 0.1) is 0 Å². The summed E-state index contributed by atoms with van der Waals surface area (Å²) in [4.78, 5) is 10.5. The van der Waals surface area contributed by atoms with Crippen LogP contribution in [0.3, 0.4) is 0 Å². The van der Waals surface area contributed by atoms with E-state index in [1.165, 1.54) is 5.56 Å². The Morgan fingerprint density at radius 1 is 1.36 bits per heavy atom. The third kappa shape index (κ3) is 2.00. The minimum Gasteiger partial charge on any atom is -0.311 e. The number of hydrazine groups is 1. The van der Waals surface area contributed by atoms with Crippen LogP contribution in [0.25, 0.3) is 0 Å². The Balaban J connectivity index is 2.00. The average molecular weight is 188 g/mol. The largest absolute Gasteiger partial charge is 0.311 e. The molecular formula is C11H12N2O. The quantitative estimate of drug-likeness (QED) is 0.721. The van der Waals surface area contributed by atoms with Gasteiger partial charge < -0.3 is 5.01 Å². The molecule has 0 fully saturated rings. The molecule has 0 amide bonds. The molecule has 0 aromatic heterocycles. The number of carbonyl (C=O) groups is 1. The van der Waals surface area contributed by atoms with Crippen molar-refractivity contribution in [1.82, 2.24) is 10.4 Å². The summed E-state index contributed by atoms with van der Waals surface area (Å²) in [6, 6.07) is 10.1. The Hall–Kier alpha value is -1.61. The van der Waals surface area contributed by atoms with Gasteiger partial charge in [0, 0.05) is 18.3 Å². The highest BCUT2D eigenvalue weighted by Crippen LogP contribution is 2.07. The van der Waals surface area contributed by atoms with Crippen LogP contribution < -0.4 is 5.43 Å². The fourth-order valence-corrected chi connectivity index (χ4v) is 1.44. The SMILES string of the molecule is O=CC1=CN(Cc2ccccc2)NC1. The molecule has 0 saturated heterocycles. The Morgan fingerprint density at radius 3 is 2.79 bits per heavy atom. The van der Waals surface area contributed by atoms with E-state index in [4.69, 9.17) is 0 Å². The number of aldehydes is 1. The van der Waals surface area contributed by atoms with E-state index in [0.29, 0.717) is 6.54 Å². The number of benzene rings is 1. The van der Waals surface area contributed by atoms with Gasteiger partial charge in [0.15, 0.2) is 0 Å². The number of nitrogens with zero attached hydrogens (tertiary/aromatic N) is 1. The number of hydrogen-bond acceptors (Lipinski definition) is 3. The van der Waals surface area contributed by atoms with Gasteiger partial charge in [-0.25, -0.2) is 5.43 Å². The molecule has 1 aliphatic rings. The monoisotopic (exact) mass is 188 g/mol.